The number of imidazole rings is 1. The van der Waals surface area contributed by atoms with Crippen LogP contribution >= 0.6 is 0 Å². The molecule has 0 spiro atoms. The summed E-state index contributed by atoms with van der Waals surface area (Å²) in [6.07, 6.45) is 7.74. The zero-order valence-corrected chi connectivity index (χ0v) is 14.5. The summed E-state index contributed by atoms with van der Waals surface area (Å²) in [5, 5.41) is 2.24. The SMILES string of the molecule is O=C(CCS(=O)(=O)C1CCCC1)Nc1ccc(-n2ccnc2)c(F)c1. The van der Waals surface area contributed by atoms with Gasteiger partial charge in [-0.3, -0.25) is 4.79 Å². The fourth-order valence-electron chi connectivity index (χ4n) is 3.07. The minimum atomic E-state index is -3.24. The number of carbonyl (C=O) groups excluding carboxylic acids is 1. The largest absolute Gasteiger partial charge is 0.326 e. The van der Waals surface area contributed by atoms with Gasteiger partial charge >= 0.3 is 0 Å². The van der Waals surface area contributed by atoms with Crippen molar-refractivity contribution in [2.45, 2.75) is 37.4 Å². The van der Waals surface area contributed by atoms with Crippen LogP contribution < -0.4 is 5.32 Å². The van der Waals surface area contributed by atoms with Crippen molar-refractivity contribution in [3.63, 3.8) is 0 Å². The minimum Gasteiger partial charge on any atom is -0.326 e. The maximum atomic E-state index is 14.1. The lowest BCUT2D eigenvalue weighted by atomic mass is 10.2. The van der Waals surface area contributed by atoms with Crippen LogP contribution in [0.2, 0.25) is 0 Å². The lowest BCUT2D eigenvalue weighted by Gasteiger charge is -2.11. The van der Waals surface area contributed by atoms with Crippen LogP contribution in [0.5, 0.6) is 0 Å². The molecule has 1 aliphatic carbocycles. The Morgan fingerprint density at radius 1 is 1.32 bits per heavy atom. The van der Waals surface area contributed by atoms with Gasteiger partial charge in [-0.15, -0.1) is 0 Å². The number of hydrogen-bond donors (Lipinski definition) is 1. The molecule has 1 saturated carbocycles. The Labute approximate surface area is 146 Å². The molecule has 0 atom stereocenters. The number of nitrogens with one attached hydrogen (secondary N) is 1. The van der Waals surface area contributed by atoms with Gasteiger partial charge in [0.15, 0.2) is 9.84 Å². The Kier molecular flexibility index (Phi) is 5.17. The zero-order valence-electron chi connectivity index (χ0n) is 13.7. The lowest BCUT2D eigenvalue weighted by molar-refractivity contribution is -0.115. The van der Waals surface area contributed by atoms with Gasteiger partial charge < -0.3 is 9.88 Å². The first kappa shape index (κ1) is 17.6. The topological polar surface area (TPSA) is 81.1 Å². The van der Waals surface area contributed by atoms with Crippen LogP contribution in [-0.2, 0) is 14.6 Å². The quantitative estimate of drug-likeness (QED) is 0.853. The molecule has 134 valence electrons. The van der Waals surface area contributed by atoms with E-state index in [0.717, 1.165) is 12.8 Å². The minimum absolute atomic E-state index is 0.121. The average Bonchev–Trinajstić information content (AvgIpc) is 3.27. The molecule has 2 aromatic rings. The highest BCUT2D eigenvalue weighted by Gasteiger charge is 2.28. The van der Waals surface area contributed by atoms with Crippen LogP contribution in [0.4, 0.5) is 10.1 Å². The van der Waals surface area contributed by atoms with Crippen molar-refractivity contribution < 1.29 is 17.6 Å². The molecule has 1 aromatic heterocycles. The molecule has 0 unspecified atom stereocenters. The van der Waals surface area contributed by atoms with Gasteiger partial charge in [-0.1, -0.05) is 12.8 Å². The molecule has 0 bridgehead atoms. The van der Waals surface area contributed by atoms with Crippen molar-refractivity contribution >= 4 is 21.4 Å². The number of amides is 1. The van der Waals surface area contributed by atoms with Crippen LogP contribution in [-0.4, -0.2) is 34.9 Å². The highest BCUT2D eigenvalue weighted by atomic mass is 32.2. The second-order valence-electron chi connectivity index (χ2n) is 6.21. The number of nitrogens with zero attached hydrogens (tertiary/aromatic N) is 2. The normalized spacial score (nSPS) is 15.4. The van der Waals surface area contributed by atoms with Crippen molar-refractivity contribution in [2.24, 2.45) is 0 Å². The Morgan fingerprint density at radius 3 is 2.72 bits per heavy atom. The zero-order chi connectivity index (χ0) is 17.9. The molecule has 1 N–H and O–H groups in total. The fourth-order valence-corrected chi connectivity index (χ4v) is 4.92. The molecule has 1 aliphatic rings. The van der Waals surface area contributed by atoms with Gasteiger partial charge in [0.05, 0.1) is 23.0 Å². The molecule has 6 nitrogen and oxygen atoms in total. The molecular weight excluding hydrogens is 345 g/mol. The number of sulfone groups is 1. The monoisotopic (exact) mass is 365 g/mol. The Balaban J connectivity index is 1.59. The van der Waals surface area contributed by atoms with E-state index in [1.54, 1.807) is 18.5 Å². The third-order valence-corrected chi connectivity index (χ3v) is 6.70. The first-order chi connectivity index (χ1) is 12.0. The van der Waals surface area contributed by atoms with Crippen LogP contribution in [0.15, 0.2) is 36.9 Å². The fraction of sp³-hybridized carbons (Fsp3) is 0.412. The van der Waals surface area contributed by atoms with Gasteiger partial charge in [-0.2, -0.15) is 0 Å². The summed E-state index contributed by atoms with van der Waals surface area (Å²) in [5.41, 5.74) is 0.615. The van der Waals surface area contributed by atoms with Crippen LogP contribution in [0.25, 0.3) is 5.69 Å². The molecule has 8 heteroatoms. The number of anilines is 1. The smallest absolute Gasteiger partial charge is 0.225 e. The van der Waals surface area contributed by atoms with E-state index in [2.05, 4.69) is 10.3 Å². The number of rotatable bonds is 6. The van der Waals surface area contributed by atoms with Gasteiger partial charge in [-0.25, -0.2) is 17.8 Å². The van der Waals surface area contributed by atoms with Crippen LogP contribution in [0.3, 0.4) is 0 Å². The molecular formula is C17H20FN3O3S. The van der Waals surface area contributed by atoms with Crippen LogP contribution in [0.1, 0.15) is 32.1 Å². The van der Waals surface area contributed by atoms with E-state index in [9.17, 15) is 17.6 Å². The van der Waals surface area contributed by atoms with E-state index >= 15 is 0 Å². The molecule has 0 aliphatic heterocycles. The third kappa shape index (κ3) is 4.25. The first-order valence-corrected chi connectivity index (χ1v) is 9.96. The van der Waals surface area contributed by atoms with Gasteiger partial charge in [0, 0.05) is 24.5 Å². The summed E-state index contributed by atoms with van der Waals surface area (Å²) in [5.74, 6) is -1.11. The van der Waals surface area contributed by atoms with Crippen LogP contribution in [0, 0.1) is 5.82 Å². The highest BCUT2D eigenvalue weighted by Crippen LogP contribution is 2.25. The first-order valence-electron chi connectivity index (χ1n) is 8.25. The van der Waals surface area contributed by atoms with E-state index in [-0.39, 0.29) is 17.4 Å². The molecule has 25 heavy (non-hydrogen) atoms. The summed E-state index contributed by atoms with van der Waals surface area (Å²) >= 11 is 0. The van der Waals surface area contributed by atoms with E-state index in [4.69, 9.17) is 0 Å². The molecule has 0 radical (unpaired) electrons. The van der Waals surface area contributed by atoms with E-state index in [1.807, 2.05) is 0 Å². The summed E-state index contributed by atoms with van der Waals surface area (Å²) in [4.78, 5) is 15.8. The predicted molar refractivity (Wildman–Crippen MR) is 92.8 cm³/mol. The second kappa shape index (κ2) is 7.35. The molecule has 1 fully saturated rings. The maximum Gasteiger partial charge on any atom is 0.225 e. The van der Waals surface area contributed by atoms with Crippen molar-refractivity contribution in [3.05, 3.63) is 42.7 Å². The molecule has 1 amide bonds. The van der Waals surface area contributed by atoms with Gasteiger partial charge in [0.2, 0.25) is 5.91 Å². The number of aromatic nitrogens is 2. The summed E-state index contributed by atoms with van der Waals surface area (Å²) in [6, 6.07) is 4.31. The number of halogens is 1. The number of hydrogen-bond acceptors (Lipinski definition) is 4. The Morgan fingerprint density at radius 2 is 2.08 bits per heavy atom. The average molecular weight is 365 g/mol. The Hall–Kier alpha value is -2.22. The van der Waals surface area contributed by atoms with Crippen molar-refractivity contribution in [3.8, 4) is 5.69 Å². The summed E-state index contributed by atoms with van der Waals surface area (Å²) in [6.45, 7) is 0. The summed E-state index contributed by atoms with van der Waals surface area (Å²) in [7, 11) is -3.24. The van der Waals surface area contributed by atoms with E-state index < -0.39 is 21.6 Å². The summed E-state index contributed by atoms with van der Waals surface area (Å²) < 4.78 is 40.0. The third-order valence-electron chi connectivity index (χ3n) is 4.44. The second-order valence-corrected chi connectivity index (χ2v) is 8.61. The molecule has 1 aromatic carbocycles. The highest BCUT2D eigenvalue weighted by molar-refractivity contribution is 7.92. The van der Waals surface area contributed by atoms with Gasteiger partial charge in [-0.05, 0) is 31.0 Å². The van der Waals surface area contributed by atoms with E-state index in [0.29, 0.717) is 24.2 Å². The number of benzene rings is 1. The molecule has 1 heterocycles. The molecule has 3 rings (SSSR count). The molecule has 0 saturated heterocycles. The van der Waals surface area contributed by atoms with Gasteiger partial charge in [0.25, 0.3) is 0 Å². The lowest BCUT2D eigenvalue weighted by Crippen LogP contribution is -2.24. The number of carbonyl (C=O) groups is 1. The Bertz CT molecular complexity index is 844. The van der Waals surface area contributed by atoms with E-state index in [1.165, 1.54) is 23.0 Å². The van der Waals surface area contributed by atoms with Crippen molar-refractivity contribution in [1.29, 1.82) is 0 Å². The standard InChI is InChI=1S/C17H20FN3O3S/c18-15-11-13(5-6-16(15)21-9-8-19-12-21)20-17(22)7-10-25(23,24)14-3-1-2-4-14/h5-6,8-9,11-12,14H,1-4,7,10H2,(H,20,22). The van der Waals surface area contributed by atoms with Gasteiger partial charge in [0.1, 0.15) is 5.82 Å². The maximum absolute atomic E-state index is 14.1. The van der Waals surface area contributed by atoms with Crippen molar-refractivity contribution in [1.82, 2.24) is 9.55 Å². The predicted octanol–water partition coefficient (Wildman–Crippen LogP) is 2.70. The van der Waals surface area contributed by atoms with Crippen molar-refractivity contribution in [2.75, 3.05) is 11.1 Å².